The molecular weight excluding hydrogens is 430 g/mol. The van der Waals surface area contributed by atoms with E-state index in [1.54, 1.807) is 31.7 Å². The number of nitrogens with zero attached hydrogens (tertiary/aromatic N) is 4. The number of aromatic amines is 1. The maximum Gasteiger partial charge on any atom is 0.293 e. The Kier molecular flexibility index (Phi) is 6.46. The highest BCUT2D eigenvalue weighted by atomic mass is 35.5. The molecule has 0 unspecified atom stereocenters. The average molecular weight is 458 g/mol. The van der Waals surface area contributed by atoms with Gasteiger partial charge in [-0.05, 0) is 25.1 Å². The Morgan fingerprint density at radius 2 is 2.09 bits per heavy atom. The summed E-state index contributed by atoms with van der Waals surface area (Å²) in [6.07, 6.45) is 7.31. The van der Waals surface area contributed by atoms with Crippen LogP contribution in [0.4, 0.5) is 5.82 Å². The molecule has 0 saturated heterocycles. The highest BCUT2D eigenvalue weighted by Crippen LogP contribution is 2.22. The molecule has 0 fully saturated rings. The van der Waals surface area contributed by atoms with Gasteiger partial charge >= 0.3 is 0 Å². The van der Waals surface area contributed by atoms with Gasteiger partial charge in [-0.25, -0.2) is 4.98 Å². The maximum atomic E-state index is 12.8. The topological polar surface area (TPSA) is 118 Å². The van der Waals surface area contributed by atoms with Crippen molar-refractivity contribution in [2.75, 3.05) is 11.9 Å². The third-order valence-electron chi connectivity index (χ3n) is 4.99. The highest BCUT2D eigenvalue weighted by molar-refractivity contribution is 6.35. The molecule has 0 aromatic carbocycles. The number of fused-ring (bicyclic) bond motifs is 1. The minimum Gasteiger partial charge on any atom is -0.365 e. The van der Waals surface area contributed by atoms with Crippen LogP contribution < -0.4 is 16.2 Å². The van der Waals surface area contributed by atoms with Gasteiger partial charge in [-0.3, -0.25) is 24.1 Å². The first-order chi connectivity index (χ1) is 15.5. The molecule has 4 aromatic heterocycles. The van der Waals surface area contributed by atoms with Crippen LogP contribution in [0.25, 0.3) is 10.9 Å². The molecule has 0 atom stereocenters. The third kappa shape index (κ3) is 4.94. The van der Waals surface area contributed by atoms with Gasteiger partial charge in [-0.1, -0.05) is 17.7 Å². The number of pyridine rings is 2. The molecule has 10 heteroatoms. The van der Waals surface area contributed by atoms with E-state index in [0.717, 1.165) is 16.6 Å². The minimum atomic E-state index is -0.347. The first kappa shape index (κ1) is 21.5. The predicted octanol–water partition coefficient (Wildman–Crippen LogP) is 3.19. The van der Waals surface area contributed by atoms with Crippen molar-refractivity contribution in [3.63, 3.8) is 0 Å². The van der Waals surface area contributed by atoms with E-state index in [9.17, 15) is 9.59 Å². The van der Waals surface area contributed by atoms with Crippen molar-refractivity contribution < 1.29 is 9.07 Å². The summed E-state index contributed by atoms with van der Waals surface area (Å²) in [6, 6.07) is 7.51. The van der Waals surface area contributed by atoms with Gasteiger partial charge in [0.15, 0.2) is 5.82 Å². The van der Waals surface area contributed by atoms with Gasteiger partial charge in [-0.15, -0.1) is 0 Å². The molecule has 1 amide bonds. The van der Waals surface area contributed by atoms with Crippen LogP contribution in [-0.4, -0.2) is 37.0 Å². The number of carbonyl (C=O) groups excluding carboxylic acids is 1. The summed E-state index contributed by atoms with van der Waals surface area (Å²) in [5.41, 5.74) is 2.66. The molecule has 0 saturated carbocycles. The lowest BCUT2D eigenvalue weighted by molar-refractivity contribution is -0.121. The van der Waals surface area contributed by atoms with Crippen LogP contribution in [0.5, 0.6) is 0 Å². The fraction of sp³-hybridized carbons (Fsp3) is 0.227. The molecule has 0 spiro atoms. The van der Waals surface area contributed by atoms with Gasteiger partial charge in [0, 0.05) is 52.6 Å². The molecule has 4 aromatic rings. The summed E-state index contributed by atoms with van der Waals surface area (Å²) in [6.45, 7) is 2.35. The number of carbonyl (C=O) groups is 1. The van der Waals surface area contributed by atoms with Gasteiger partial charge in [0.25, 0.3) is 5.56 Å². The number of amides is 1. The molecule has 9 nitrogen and oxygen atoms in total. The molecule has 4 heterocycles. The van der Waals surface area contributed by atoms with Crippen molar-refractivity contribution in [1.82, 2.24) is 29.8 Å². The first-order valence-corrected chi connectivity index (χ1v) is 10.5. The van der Waals surface area contributed by atoms with E-state index in [-0.39, 0.29) is 34.7 Å². The van der Waals surface area contributed by atoms with E-state index in [1.807, 2.05) is 24.3 Å². The number of aromatic nitrogens is 5. The Labute approximate surface area is 193 Å². The van der Waals surface area contributed by atoms with Crippen LogP contribution in [0.1, 0.15) is 21.4 Å². The number of nitrogens with one attached hydrogen (secondary N) is 3. The number of H-pyrrole nitrogens is 1. The zero-order valence-electron chi connectivity index (χ0n) is 17.4. The van der Waals surface area contributed by atoms with E-state index < -0.39 is 0 Å². The third-order valence-corrected chi connectivity index (χ3v) is 5.31. The van der Waals surface area contributed by atoms with Gasteiger partial charge in [0.2, 0.25) is 5.91 Å². The zero-order chi connectivity index (χ0) is 22.5. The van der Waals surface area contributed by atoms with Crippen molar-refractivity contribution in [3.05, 3.63) is 81.5 Å². The fourth-order valence-electron chi connectivity index (χ4n) is 3.26. The molecule has 0 bridgehead atoms. The number of rotatable bonds is 8. The number of hydrogen-bond acceptors (Lipinski definition) is 6. The lowest BCUT2D eigenvalue weighted by Crippen LogP contribution is -2.34. The predicted molar refractivity (Wildman–Crippen MR) is 129 cm³/mol. The lowest BCUT2D eigenvalue weighted by Gasteiger charge is -2.12. The van der Waals surface area contributed by atoms with Crippen LogP contribution in [-0.2, 0) is 24.3 Å². The molecular formula is C22H28ClN7O2. The molecule has 0 aliphatic carbocycles. The molecule has 0 aliphatic heterocycles. The second kappa shape index (κ2) is 9.61. The molecule has 3 N–H and O–H groups in total. The van der Waals surface area contributed by atoms with Crippen molar-refractivity contribution in [2.24, 2.45) is 0 Å². The summed E-state index contributed by atoms with van der Waals surface area (Å²) in [5.74, 6) is -0.101. The van der Waals surface area contributed by atoms with Crippen LogP contribution in [0.2, 0.25) is 5.02 Å². The molecule has 4 rings (SSSR count). The Morgan fingerprint density at radius 3 is 2.91 bits per heavy atom. The SMILES string of the molecule is Cc1cnc(NCCc2ccccn2)c(=O)n1CC(=O)NCc1cc2c(Cl)c[nH]c2cn1.[HH].[HH].[HH]. The van der Waals surface area contributed by atoms with Crippen LogP contribution in [0.15, 0.2) is 53.8 Å². The van der Waals surface area contributed by atoms with Crippen LogP contribution >= 0.6 is 11.6 Å². The van der Waals surface area contributed by atoms with Crippen LogP contribution in [0.3, 0.4) is 0 Å². The molecule has 0 aliphatic rings. The Morgan fingerprint density at radius 1 is 1.22 bits per heavy atom. The Hall–Kier alpha value is -3.72. The van der Waals surface area contributed by atoms with E-state index in [1.165, 1.54) is 4.57 Å². The highest BCUT2D eigenvalue weighted by Gasteiger charge is 2.12. The summed E-state index contributed by atoms with van der Waals surface area (Å²) in [7, 11) is 0. The normalized spacial score (nSPS) is 10.9. The smallest absolute Gasteiger partial charge is 0.293 e. The first-order valence-electron chi connectivity index (χ1n) is 10.1. The van der Waals surface area contributed by atoms with E-state index >= 15 is 0 Å². The van der Waals surface area contributed by atoms with Gasteiger partial charge in [-0.2, -0.15) is 0 Å². The van der Waals surface area contributed by atoms with Crippen molar-refractivity contribution in [1.29, 1.82) is 0 Å². The second-order valence-corrected chi connectivity index (χ2v) is 7.68. The van der Waals surface area contributed by atoms with E-state index in [0.29, 0.717) is 29.4 Å². The monoisotopic (exact) mass is 457 g/mol. The molecule has 32 heavy (non-hydrogen) atoms. The lowest BCUT2D eigenvalue weighted by atomic mass is 10.2. The summed E-state index contributed by atoms with van der Waals surface area (Å²) >= 11 is 6.14. The van der Waals surface area contributed by atoms with Crippen LogP contribution in [0, 0.1) is 6.92 Å². The van der Waals surface area contributed by atoms with Gasteiger partial charge in [0.1, 0.15) is 6.54 Å². The number of hydrogen-bond donors (Lipinski definition) is 3. The number of aryl methyl sites for hydroxylation is 1. The molecule has 170 valence electrons. The summed E-state index contributed by atoms with van der Waals surface area (Å²) < 4.78 is 1.39. The number of anilines is 1. The average Bonchev–Trinajstić information content (AvgIpc) is 3.17. The Bertz CT molecular complexity index is 1320. The minimum absolute atomic E-state index is 0. The van der Waals surface area contributed by atoms with Crippen molar-refractivity contribution >= 4 is 34.2 Å². The van der Waals surface area contributed by atoms with E-state index in [4.69, 9.17) is 11.6 Å². The quantitative estimate of drug-likeness (QED) is 0.374. The molecule has 0 radical (unpaired) electrons. The van der Waals surface area contributed by atoms with Gasteiger partial charge in [0.05, 0.1) is 29.0 Å². The van der Waals surface area contributed by atoms with Crippen molar-refractivity contribution in [2.45, 2.75) is 26.4 Å². The summed E-state index contributed by atoms with van der Waals surface area (Å²) in [4.78, 5) is 41.1. The van der Waals surface area contributed by atoms with Gasteiger partial charge < -0.3 is 15.6 Å². The van der Waals surface area contributed by atoms with E-state index in [2.05, 4.69) is 30.6 Å². The standard InChI is InChI=1S/C22H22ClN7O2.3H2/c1-14-9-29-21(25-7-5-15-4-2-3-6-24-15)22(32)30(14)13-20(31)28-10-16-8-17-18(23)11-27-19(17)12-26-16;;;/h2-4,6,8-9,11-12,27H,5,7,10,13H2,1H3,(H,25,29)(H,28,31);3*1H. The fourth-order valence-corrected chi connectivity index (χ4v) is 3.47. The Balaban J connectivity index is 0.00000204. The number of halogens is 1. The zero-order valence-corrected chi connectivity index (χ0v) is 18.2. The second-order valence-electron chi connectivity index (χ2n) is 7.27. The van der Waals surface area contributed by atoms with Crippen molar-refractivity contribution in [3.8, 4) is 0 Å². The maximum absolute atomic E-state index is 12.8. The largest absolute Gasteiger partial charge is 0.365 e. The summed E-state index contributed by atoms with van der Waals surface area (Å²) in [5, 5.41) is 7.27.